The van der Waals surface area contributed by atoms with E-state index in [4.69, 9.17) is 4.74 Å². The molecule has 17 heavy (non-hydrogen) atoms. The molecular formula is C14H28N2O. The Morgan fingerprint density at radius 3 is 2.65 bits per heavy atom. The number of likely N-dealkylation sites (N-methyl/N-ethyl adjacent to an activating group) is 1. The van der Waals surface area contributed by atoms with Gasteiger partial charge in [-0.05, 0) is 39.7 Å². The first-order chi connectivity index (χ1) is 8.20. The van der Waals surface area contributed by atoms with Crippen LogP contribution in [0.4, 0.5) is 0 Å². The largest absolute Gasteiger partial charge is 0.376 e. The molecule has 2 fully saturated rings. The van der Waals surface area contributed by atoms with Crippen LogP contribution in [0.5, 0.6) is 0 Å². The third kappa shape index (κ3) is 3.43. The number of hydrogen-bond donors (Lipinski definition) is 1. The summed E-state index contributed by atoms with van der Waals surface area (Å²) in [6.07, 6.45) is 6.09. The number of nitrogens with zero attached hydrogens (tertiary/aromatic N) is 1. The fourth-order valence-electron chi connectivity index (χ4n) is 3.31. The van der Waals surface area contributed by atoms with Crippen molar-refractivity contribution in [2.45, 2.75) is 57.7 Å². The first-order valence-corrected chi connectivity index (χ1v) is 7.23. The van der Waals surface area contributed by atoms with Gasteiger partial charge in [-0.2, -0.15) is 0 Å². The topological polar surface area (TPSA) is 24.5 Å². The molecule has 1 N–H and O–H groups in total. The van der Waals surface area contributed by atoms with E-state index in [-0.39, 0.29) is 0 Å². The Morgan fingerprint density at radius 1 is 1.29 bits per heavy atom. The molecule has 1 aliphatic carbocycles. The summed E-state index contributed by atoms with van der Waals surface area (Å²) in [6.45, 7) is 7.64. The lowest BCUT2D eigenvalue weighted by Gasteiger charge is -2.39. The molecule has 3 atom stereocenters. The molecule has 1 aliphatic heterocycles. The van der Waals surface area contributed by atoms with Crippen molar-refractivity contribution < 1.29 is 4.74 Å². The van der Waals surface area contributed by atoms with Gasteiger partial charge in [-0.25, -0.2) is 0 Å². The zero-order valence-electron chi connectivity index (χ0n) is 11.6. The maximum atomic E-state index is 5.70. The van der Waals surface area contributed by atoms with Crippen molar-refractivity contribution in [2.75, 3.05) is 26.7 Å². The fourth-order valence-corrected chi connectivity index (χ4v) is 3.31. The Morgan fingerprint density at radius 2 is 2.00 bits per heavy atom. The normalized spacial score (nSPS) is 34.1. The molecule has 2 aliphatic rings. The van der Waals surface area contributed by atoms with E-state index in [1.807, 2.05) is 0 Å². The van der Waals surface area contributed by atoms with Gasteiger partial charge in [0.15, 0.2) is 0 Å². The van der Waals surface area contributed by atoms with E-state index in [0.717, 1.165) is 19.1 Å². The predicted molar refractivity (Wildman–Crippen MR) is 71.3 cm³/mol. The van der Waals surface area contributed by atoms with Gasteiger partial charge in [0, 0.05) is 25.2 Å². The van der Waals surface area contributed by atoms with Gasteiger partial charge in [-0.1, -0.05) is 12.8 Å². The quantitative estimate of drug-likeness (QED) is 0.812. The minimum Gasteiger partial charge on any atom is -0.376 e. The number of rotatable bonds is 4. The van der Waals surface area contributed by atoms with Crippen LogP contribution >= 0.6 is 0 Å². The van der Waals surface area contributed by atoms with Crippen LogP contribution in [-0.4, -0.2) is 49.8 Å². The first kappa shape index (κ1) is 13.3. The smallest absolute Gasteiger partial charge is 0.0674 e. The minimum atomic E-state index is 0.396. The minimum absolute atomic E-state index is 0.396. The van der Waals surface area contributed by atoms with Crippen LogP contribution < -0.4 is 5.32 Å². The molecule has 0 aromatic rings. The molecule has 0 aromatic heterocycles. The summed E-state index contributed by atoms with van der Waals surface area (Å²) in [6, 6.07) is 1.24. The highest BCUT2D eigenvalue weighted by atomic mass is 16.5. The SMILES string of the molecule is CNC(CN1CC(C)OCC1C)C1CCCC1. The predicted octanol–water partition coefficient (Wildman–Crippen LogP) is 1.87. The maximum absolute atomic E-state index is 5.70. The Labute approximate surface area is 106 Å². The average Bonchev–Trinajstić information content (AvgIpc) is 2.84. The fraction of sp³-hybridized carbons (Fsp3) is 1.00. The monoisotopic (exact) mass is 240 g/mol. The second kappa shape index (κ2) is 6.17. The lowest BCUT2D eigenvalue weighted by Crippen LogP contribution is -2.53. The van der Waals surface area contributed by atoms with Gasteiger partial charge in [0.1, 0.15) is 0 Å². The zero-order valence-corrected chi connectivity index (χ0v) is 11.6. The second-order valence-electron chi connectivity index (χ2n) is 5.89. The van der Waals surface area contributed by atoms with Crippen molar-refractivity contribution in [1.82, 2.24) is 10.2 Å². The molecule has 0 amide bonds. The standard InChI is InChI=1S/C14H28N2O/c1-11-10-17-12(2)8-16(11)9-14(15-3)13-6-4-5-7-13/h11-15H,4-10H2,1-3H3. The van der Waals surface area contributed by atoms with Crippen LogP contribution in [0.3, 0.4) is 0 Å². The summed E-state index contributed by atoms with van der Waals surface area (Å²) < 4.78 is 5.70. The molecule has 2 rings (SSSR count). The first-order valence-electron chi connectivity index (χ1n) is 7.23. The Kier molecular flexibility index (Phi) is 4.83. The van der Waals surface area contributed by atoms with Gasteiger partial charge in [0.2, 0.25) is 0 Å². The van der Waals surface area contributed by atoms with Gasteiger partial charge in [0.05, 0.1) is 12.7 Å². The van der Waals surface area contributed by atoms with Gasteiger partial charge in [0.25, 0.3) is 0 Å². The molecule has 0 aromatic carbocycles. The van der Waals surface area contributed by atoms with Crippen molar-refractivity contribution in [3.63, 3.8) is 0 Å². The Hall–Kier alpha value is -0.120. The van der Waals surface area contributed by atoms with Crippen LogP contribution in [0.15, 0.2) is 0 Å². The maximum Gasteiger partial charge on any atom is 0.0674 e. The molecule has 3 nitrogen and oxygen atoms in total. The number of ether oxygens (including phenoxy) is 1. The van der Waals surface area contributed by atoms with Crippen LogP contribution in [0.1, 0.15) is 39.5 Å². The zero-order chi connectivity index (χ0) is 12.3. The van der Waals surface area contributed by atoms with E-state index >= 15 is 0 Å². The average molecular weight is 240 g/mol. The van der Waals surface area contributed by atoms with Crippen LogP contribution in [0.25, 0.3) is 0 Å². The van der Waals surface area contributed by atoms with E-state index in [0.29, 0.717) is 18.2 Å². The molecular weight excluding hydrogens is 212 g/mol. The molecule has 0 spiro atoms. The van der Waals surface area contributed by atoms with Crippen molar-refractivity contribution in [2.24, 2.45) is 5.92 Å². The van der Waals surface area contributed by atoms with E-state index in [1.54, 1.807) is 0 Å². The lowest BCUT2D eigenvalue weighted by molar-refractivity contribution is -0.0536. The van der Waals surface area contributed by atoms with Crippen LogP contribution in [0, 0.1) is 5.92 Å². The van der Waals surface area contributed by atoms with Crippen LogP contribution in [-0.2, 0) is 4.74 Å². The van der Waals surface area contributed by atoms with Gasteiger partial charge in [-0.15, -0.1) is 0 Å². The summed E-state index contributed by atoms with van der Waals surface area (Å²) in [5.74, 6) is 0.894. The Bertz CT molecular complexity index is 228. The number of nitrogens with one attached hydrogen (secondary N) is 1. The molecule has 0 bridgehead atoms. The summed E-state index contributed by atoms with van der Waals surface area (Å²) in [5, 5.41) is 3.54. The van der Waals surface area contributed by atoms with Gasteiger partial charge >= 0.3 is 0 Å². The molecule has 1 saturated carbocycles. The highest BCUT2D eigenvalue weighted by Gasteiger charge is 2.29. The van der Waals surface area contributed by atoms with Gasteiger partial charge < -0.3 is 10.1 Å². The van der Waals surface area contributed by atoms with E-state index in [2.05, 4.69) is 31.1 Å². The van der Waals surface area contributed by atoms with E-state index < -0.39 is 0 Å². The van der Waals surface area contributed by atoms with E-state index in [9.17, 15) is 0 Å². The summed E-state index contributed by atoms with van der Waals surface area (Å²) >= 11 is 0. The molecule has 1 saturated heterocycles. The van der Waals surface area contributed by atoms with Gasteiger partial charge in [-0.3, -0.25) is 4.90 Å². The summed E-state index contributed by atoms with van der Waals surface area (Å²) in [5.41, 5.74) is 0. The molecule has 100 valence electrons. The third-order valence-corrected chi connectivity index (χ3v) is 4.51. The van der Waals surface area contributed by atoms with Crippen molar-refractivity contribution in [3.05, 3.63) is 0 Å². The highest BCUT2D eigenvalue weighted by Crippen LogP contribution is 2.28. The number of hydrogen-bond acceptors (Lipinski definition) is 3. The third-order valence-electron chi connectivity index (χ3n) is 4.51. The lowest BCUT2D eigenvalue weighted by atomic mass is 9.97. The Balaban J connectivity index is 1.87. The highest BCUT2D eigenvalue weighted by molar-refractivity contribution is 4.85. The van der Waals surface area contributed by atoms with Crippen LogP contribution in [0.2, 0.25) is 0 Å². The van der Waals surface area contributed by atoms with Crippen molar-refractivity contribution in [1.29, 1.82) is 0 Å². The van der Waals surface area contributed by atoms with Crippen molar-refractivity contribution >= 4 is 0 Å². The summed E-state index contributed by atoms with van der Waals surface area (Å²) in [4.78, 5) is 2.60. The second-order valence-corrected chi connectivity index (χ2v) is 5.89. The summed E-state index contributed by atoms with van der Waals surface area (Å²) in [7, 11) is 2.12. The van der Waals surface area contributed by atoms with E-state index in [1.165, 1.54) is 32.2 Å². The molecule has 0 radical (unpaired) electrons. The van der Waals surface area contributed by atoms with Crippen molar-refractivity contribution in [3.8, 4) is 0 Å². The molecule has 3 unspecified atom stereocenters. The number of morpholine rings is 1. The molecule has 3 heteroatoms. The molecule has 1 heterocycles.